The maximum atomic E-state index is 11.3. The highest BCUT2D eigenvalue weighted by atomic mass is 127. The minimum atomic E-state index is -0.186. The zero-order chi connectivity index (χ0) is 9.59. The number of fused-ring (bicyclic) bond motifs is 1. The summed E-state index contributed by atoms with van der Waals surface area (Å²) >= 11 is 6.70. The molecular weight excluding hydrogens is 509 g/mol. The number of carbonyl (C=O) groups excluding carboxylic acids is 1. The monoisotopic (exact) mass is 512 g/mol. The molecule has 1 aliphatic rings. The molecule has 1 aromatic carbocycles. The van der Waals surface area contributed by atoms with Crippen molar-refractivity contribution in [3.8, 4) is 0 Å². The topological polar surface area (TPSA) is 26.3 Å². The maximum Gasteiger partial charge on any atom is 0.339 e. The van der Waals surface area contributed by atoms with Gasteiger partial charge in [0.15, 0.2) is 0 Å². The van der Waals surface area contributed by atoms with Crippen LogP contribution < -0.4 is 0 Å². The summed E-state index contributed by atoms with van der Waals surface area (Å²) in [5.74, 6) is -0.186. The van der Waals surface area contributed by atoms with Gasteiger partial charge in [0.25, 0.3) is 0 Å². The number of esters is 1. The van der Waals surface area contributed by atoms with E-state index in [1.165, 1.54) is 3.57 Å². The van der Waals surface area contributed by atoms with E-state index >= 15 is 0 Å². The fourth-order valence-electron chi connectivity index (χ4n) is 1.21. The predicted molar refractivity (Wildman–Crippen MR) is 73.7 cm³/mol. The molecule has 0 aromatic heterocycles. The lowest BCUT2D eigenvalue weighted by atomic mass is 10.1. The van der Waals surface area contributed by atoms with Crippen LogP contribution in [-0.2, 0) is 11.3 Å². The van der Waals surface area contributed by atoms with Gasteiger partial charge in [-0.25, -0.2) is 4.79 Å². The molecule has 5 heteroatoms. The maximum absolute atomic E-state index is 11.3. The number of benzene rings is 1. The third-order valence-corrected chi connectivity index (χ3v) is 5.79. The lowest BCUT2D eigenvalue weighted by Crippen LogP contribution is -1.99. The van der Waals surface area contributed by atoms with Crippen LogP contribution in [0, 0.1) is 10.7 Å². The molecule has 0 saturated heterocycles. The molecule has 0 saturated carbocycles. The summed E-state index contributed by atoms with van der Waals surface area (Å²) in [6.45, 7) is 0.430. The first-order chi connectivity index (χ1) is 6.11. The van der Waals surface area contributed by atoms with E-state index in [9.17, 15) is 4.79 Å². The first kappa shape index (κ1) is 10.4. The fourth-order valence-corrected chi connectivity index (χ4v) is 3.88. The van der Waals surface area contributed by atoms with E-state index < -0.39 is 0 Å². The number of halogens is 3. The van der Waals surface area contributed by atoms with E-state index in [0.29, 0.717) is 6.61 Å². The molecule has 0 bridgehead atoms. The van der Waals surface area contributed by atoms with Gasteiger partial charge in [-0.2, -0.15) is 0 Å². The van der Waals surface area contributed by atoms with Crippen LogP contribution >= 0.6 is 67.8 Å². The number of cyclic esters (lactones) is 1. The zero-order valence-electron chi connectivity index (χ0n) is 6.23. The molecule has 2 nitrogen and oxygen atoms in total. The average Bonchev–Trinajstić information content (AvgIpc) is 2.44. The molecule has 68 valence electrons. The highest BCUT2D eigenvalue weighted by Gasteiger charge is 2.27. The van der Waals surface area contributed by atoms with E-state index in [-0.39, 0.29) is 5.97 Å². The molecule has 0 N–H and O–H groups in total. The van der Waals surface area contributed by atoms with Crippen molar-refractivity contribution in [3.05, 3.63) is 27.9 Å². The van der Waals surface area contributed by atoms with Gasteiger partial charge in [-0.05, 0) is 73.8 Å². The Morgan fingerprint density at radius 3 is 2.62 bits per heavy atom. The largest absolute Gasteiger partial charge is 0.457 e. The normalized spacial score (nSPS) is 14.2. The lowest BCUT2D eigenvalue weighted by Gasteiger charge is -2.03. The third kappa shape index (κ3) is 1.71. The van der Waals surface area contributed by atoms with Gasteiger partial charge in [-0.3, -0.25) is 0 Å². The Labute approximate surface area is 116 Å². The van der Waals surface area contributed by atoms with E-state index in [1.54, 1.807) is 0 Å². The molecule has 0 unspecified atom stereocenters. The smallest absolute Gasteiger partial charge is 0.339 e. The summed E-state index contributed by atoms with van der Waals surface area (Å²) in [6, 6.07) is 2.01. The first-order valence-electron chi connectivity index (χ1n) is 3.44. The summed E-state index contributed by atoms with van der Waals surface area (Å²) < 4.78 is 8.29. The van der Waals surface area contributed by atoms with Crippen molar-refractivity contribution >= 4 is 73.7 Å². The Balaban J connectivity index is 2.76. The summed E-state index contributed by atoms with van der Waals surface area (Å²) in [7, 11) is 0. The third-order valence-electron chi connectivity index (χ3n) is 1.82. The fraction of sp³-hybridized carbons (Fsp3) is 0.125. The van der Waals surface area contributed by atoms with Crippen molar-refractivity contribution in [3.63, 3.8) is 0 Å². The van der Waals surface area contributed by atoms with Gasteiger partial charge in [-0.1, -0.05) is 0 Å². The molecule has 0 aliphatic carbocycles. The molecule has 13 heavy (non-hydrogen) atoms. The van der Waals surface area contributed by atoms with Crippen molar-refractivity contribution in [2.75, 3.05) is 0 Å². The Morgan fingerprint density at radius 1 is 1.23 bits per heavy atom. The second-order valence-corrected chi connectivity index (χ2v) is 5.99. The quantitative estimate of drug-likeness (QED) is 0.304. The summed E-state index contributed by atoms with van der Waals surface area (Å²) in [4.78, 5) is 11.3. The lowest BCUT2D eigenvalue weighted by molar-refractivity contribution is 0.0534. The molecule has 0 amide bonds. The van der Waals surface area contributed by atoms with Gasteiger partial charge in [-0.15, -0.1) is 0 Å². The number of hydrogen-bond acceptors (Lipinski definition) is 2. The summed E-state index contributed by atoms with van der Waals surface area (Å²) in [5.41, 5.74) is 1.80. The molecule has 0 atom stereocenters. The minimum Gasteiger partial charge on any atom is -0.457 e. The molecule has 2 rings (SSSR count). The Morgan fingerprint density at radius 2 is 1.92 bits per heavy atom. The van der Waals surface area contributed by atoms with Gasteiger partial charge in [0.05, 0.1) is 5.56 Å². The van der Waals surface area contributed by atoms with Crippen molar-refractivity contribution in [2.45, 2.75) is 6.61 Å². The number of rotatable bonds is 0. The predicted octanol–water partition coefficient (Wildman–Crippen LogP) is 3.17. The Kier molecular flexibility index (Phi) is 3.04. The zero-order valence-corrected chi connectivity index (χ0v) is 12.7. The van der Waals surface area contributed by atoms with Gasteiger partial charge < -0.3 is 4.74 Å². The standard InChI is InChI=1S/C8H3I3O2/c9-4-1-5(10)7(11)3-2-13-8(12)6(3)4/h1H,2H2. The van der Waals surface area contributed by atoms with Crippen molar-refractivity contribution in [1.29, 1.82) is 0 Å². The van der Waals surface area contributed by atoms with Crippen LogP contribution in [0.1, 0.15) is 15.9 Å². The van der Waals surface area contributed by atoms with E-state index in [4.69, 9.17) is 4.74 Å². The van der Waals surface area contributed by atoms with Crippen LogP contribution in [0.4, 0.5) is 0 Å². The first-order valence-corrected chi connectivity index (χ1v) is 6.68. The highest BCUT2D eigenvalue weighted by Crippen LogP contribution is 2.32. The number of carbonyl (C=O) groups is 1. The molecular formula is C8H3I3O2. The molecule has 0 spiro atoms. The van der Waals surface area contributed by atoms with Crippen LogP contribution in [0.15, 0.2) is 6.07 Å². The van der Waals surface area contributed by atoms with Crippen LogP contribution in [-0.4, -0.2) is 5.97 Å². The van der Waals surface area contributed by atoms with Crippen molar-refractivity contribution < 1.29 is 9.53 Å². The molecule has 1 heterocycles. The number of ether oxygens (including phenoxy) is 1. The van der Waals surface area contributed by atoms with Gasteiger partial charge in [0.1, 0.15) is 6.61 Å². The Bertz CT molecular complexity index is 401. The SMILES string of the molecule is O=C1OCc2c(I)c(I)cc(I)c21. The van der Waals surface area contributed by atoms with Gasteiger partial charge in [0, 0.05) is 16.3 Å². The summed E-state index contributed by atoms with van der Waals surface area (Å²) in [6.07, 6.45) is 0. The van der Waals surface area contributed by atoms with Crippen molar-refractivity contribution in [1.82, 2.24) is 0 Å². The average molecular weight is 512 g/mol. The van der Waals surface area contributed by atoms with Gasteiger partial charge in [0.2, 0.25) is 0 Å². The van der Waals surface area contributed by atoms with Crippen LogP contribution in [0.2, 0.25) is 0 Å². The second kappa shape index (κ2) is 3.80. The molecule has 1 aliphatic heterocycles. The van der Waals surface area contributed by atoms with Gasteiger partial charge >= 0.3 is 5.97 Å². The van der Waals surface area contributed by atoms with E-state index in [0.717, 1.165) is 18.3 Å². The molecule has 1 aromatic rings. The number of hydrogen-bond donors (Lipinski definition) is 0. The Hall–Kier alpha value is 0.880. The summed E-state index contributed by atoms with van der Waals surface area (Å²) in [5, 5.41) is 0. The van der Waals surface area contributed by atoms with E-state index in [1.807, 2.05) is 6.07 Å². The minimum absolute atomic E-state index is 0.186. The molecule has 0 fully saturated rings. The highest BCUT2D eigenvalue weighted by molar-refractivity contribution is 14.1. The van der Waals surface area contributed by atoms with Crippen molar-refractivity contribution in [2.24, 2.45) is 0 Å². The van der Waals surface area contributed by atoms with Crippen LogP contribution in [0.25, 0.3) is 0 Å². The van der Waals surface area contributed by atoms with E-state index in [2.05, 4.69) is 67.8 Å². The van der Waals surface area contributed by atoms with Crippen LogP contribution in [0.5, 0.6) is 0 Å². The van der Waals surface area contributed by atoms with Crippen LogP contribution in [0.3, 0.4) is 0 Å². The molecule has 0 radical (unpaired) electrons. The second-order valence-electron chi connectivity index (χ2n) is 2.58.